The van der Waals surface area contributed by atoms with Gasteiger partial charge in [0.1, 0.15) is 22.9 Å². The smallest absolute Gasteiger partial charge is 0.294 e. The molecule has 0 bridgehead atoms. The zero-order chi connectivity index (χ0) is 24.8. The van der Waals surface area contributed by atoms with E-state index in [0.717, 1.165) is 0 Å². The minimum atomic E-state index is -0.619. The van der Waals surface area contributed by atoms with Gasteiger partial charge in [-0.1, -0.05) is 17.3 Å². The number of rotatable bonds is 9. The van der Waals surface area contributed by atoms with E-state index >= 15 is 0 Å². The van der Waals surface area contributed by atoms with Crippen LogP contribution in [0.1, 0.15) is 23.0 Å². The molecule has 0 spiro atoms. The first-order chi connectivity index (χ1) is 17.0. The highest BCUT2D eigenvalue weighted by Gasteiger charge is 2.25. The lowest BCUT2D eigenvalue weighted by Crippen LogP contribution is -2.19. The third-order valence-corrected chi connectivity index (χ3v) is 4.81. The van der Waals surface area contributed by atoms with Gasteiger partial charge in [0.25, 0.3) is 5.91 Å². The summed E-state index contributed by atoms with van der Waals surface area (Å²) >= 11 is 0. The van der Waals surface area contributed by atoms with E-state index in [1.54, 1.807) is 49.6 Å². The van der Waals surface area contributed by atoms with Gasteiger partial charge in [-0.25, -0.2) is 10.1 Å². The van der Waals surface area contributed by atoms with Crippen molar-refractivity contribution in [3.8, 4) is 34.3 Å². The monoisotopic (exact) mass is 478 g/mol. The second-order valence-electron chi connectivity index (χ2n) is 6.94. The minimum Gasteiger partial charge on any atom is -0.497 e. The number of hydrogen-bond donors (Lipinski definition) is 2. The number of nitrogen functional groups attached to an aromatic ring is 1. The summed E-state index contributed by atoms with van der Waals surface area (Å²) in [6, 6.07) is 12.3. The Balaban J connectivity index is 1.68. The Hall–Kier alpha value is -4.94. The van der Waals surface area contributed by atoms with Gasteiger partial charge in [-0.3, -0.25) is 4.79 Å². The van der Waals surface area contributed by atoms with Gasteiger partial charge >= 0.3 is 0 Å². The summed E-state index contributed by atoms with van der Waals surface area (Å²) in [6.45, 7) is 2.34. The number of anilines is 1. The molecule has 0 unspecified atom stereocenters. The van der Waals surface area contributed by atoms with E-state index < -0.39 is 5.91 Å². The van der Waals surface area contributed by atoms with Gasteiger partial charge in [-0.2, -0.15) is 9.78 Å². The lowest BCUT2D eigenvalue weighted by molar-refractivity contribution is 0.0950. The van der Waals surface area contributed by atoms with Gasteiger partial charge in [0.05, 0.1) is 27.0 Å². The molecule has 0 aliphatic carbocycles. The predicted octanol–water partition coefficient (Wildman–Crippen LogP) is 2.08. The average Bonchev–Trinajstić information content (AvgIpc) is 3.50. The molecule has 0 saturated heterocycles. The number of benzene rings is 2. The highest BCUT2D eigenvalue weighted by atomic mass is 16.6. The van der Waals surface area contributed by atoms with Crippen LogP contribution in [0.5, 0.6) is 17.2 Å². The number of carbonyl (C=O) groups excluding carboxylic acids is 1. The van der Waals surface area contributed by atoms with Crippen molar-refractivity contribution >= 4 is 17.9 Å². The molecular weight excluding hydrogens is 456 g/mol. The highest BCUT2D eigenvalue weighted by molar-refractivity contribution is 5.99. The van der Waals surface area contributed by atoms with Crippen LogP contribution in [0.2, 0.25) is 0 Å². The Labute approximate surface area is 199 Å². The maximum absolute atomic E-state index is 13.0. The molecule has 0 atom stereocenters. The number of nitrogens with zero attached hydrogens (tertiary/aromatic N) is 6. The zero-order valence-corrected chi connectivity index (χ0v) is 19.1. The van der Waals surface area contributed by atoms with Gasteiger partial charge in [0.2, 0.25) is 11.6 Å². The maximum Gasteiger partial charge on any atom is 0.294 e. The number of ether oxygens (including phenoxy) is 3. The molecule has 13 heteroatoms. The molecule has 0 saturated carbocycles. The largest absolute Gasteiger partial charge is 0.497 e. The van der Waals surface area contributed by atoms with E-state index in [4.69, 9.17) is 24.6 Å². The third kappa shape index (κ3) is 4.88. The SMILES string of the molecule is CCOc1cccc(-c2c(C(=O)N/N=C/c3ccc(OC)cc3OC)nnn2-c2nonc2N)c1. The first-order valence-electron chi connectivity index (χ1n) is 10.4. The molecular formula is C22H22N8O5. The first-order valence-corrected chi connectivity index (χ1v) is 10.4. The molecule has 3 N–H and O–H groups in total. The van der Waals surface area contributed by atoms with E-state index in [1.807, 2.05) is 6.92 Å². The van der Waals surface area contributed by atoms with Crippen LogP contribution >= 0.6 is 0 Å². The Morgan fingerprint density at radius 3 is 2.74 bits per heavy atom. The number of hydrogen-bond acceptors (Lipinski definition) is 11. The fourth-order valence-electron chi connectivity index (χ4n) is 3.22. The lowest BCUT2D eigenvalue weighted by Gasteiger charge is -2.08. The summed E-state index contributed by atoms with van der Waals surface area (Å²) in [7, 11) is 3.08. The number of aromatic nitrogens is 5. The van der Waals surface area contributed by atoms with E-state index in [2.05, 4.69) is 31.2 Å². The van der Waals surface area contributed by atoms with Crippen LogP contribution in [0.25, 0.3) is 17.1 Å². The van der Waals surface area contributed by atoms with Crippen molar-refractivity contribution in [3.63, 3.8) is 0 Å². The first kappa shape index (κ1) is 23.2. The van der Waals surface area contributed by atoms with Gasteiger partial charge in [-0.05, 0) is 41.5 Å². The number of methoxy groups -OCH3 is 2. The van der Waals surface area contributed by atoms with Crippen LogP contribution in [0.3, 0.4) is 0 Å². The van der Waals surface area contributed by atoms with Crippen molar-refractivity contribution in [2.75, 3.05) is 26.6 Å². The van der Waals surface area contributed by atoms with Gasteiger partial charge in [0, 0.05) is 17.2 Å². The second kappa shape index (κ2) is 10.3. The van der Waals surface area contributed by atoms with E-state index in [9.17, 15) is 4.79 Å². The van der Waals surface area contributed by atoms with Crippen molar-refractivity contribution in [2.45, 2.75) is 6.92 Å². The highest BCUT2D eigenvalue weighted by Crippen LogP contribution is 2.29. The van der Waals surface area contributed by atoms with E-state index in [-0.39, 0.29) is 17.3 Å². The number of amides is 1. The van der Waals surface area contributed by atoms with Crippen molar-refractivity contribution in [3.05, 3.63) is 53.7 Å². The molecule has 2 heterocycles. The van der Waals surface area contributed by atoms with Crippen LogP contribution in [-0.2, 0) is 0 Å². The number of hydrazone groups is 1. The normalized spacial score (nSPS) is 10.9. The molecule has 13 nitrogen and oxygen atoms in total. The lowest BCUT2D eigenvalue weighted by atomic mass is 10.1. The maximum atomic E-state index is 13.0. The van der Waals surface area contributed by atoms with Gasteiger partial charge in [0.15, 0.2) is 5.69 Å². The molecule has 35 heavy (non-hydrogen) atoms. The summed E-state index contributed by atoms with van der Waals surface area (Å²) in [6.07, 6.45) is 1.44. The fraction of sp³-hybridized carbons (Fsp3) is 0.182. The topological polar surface area (TPSA) is 165 Å². The Morgan fingerprint density at radius 1 is 1.17 bits per heavy atom. The molecule has 0 aliphatic rings. The van der Waals surface area contributed by atoms with Crippen molar-refractivity contribution in [1.29, 1.82) is 0 Å². The molecule has 0 aliphatic heterocycles. The van der Waals surface area contributed by atoms with Crippen LogP contribution in [-0.4, -0.2) is 58.3 Å². The molecule has 4 rings (SSSR count). The van der Waals surface area contributed by atoms with Crippen LogP contribution in [0.15, 0.2) is 52.2 Å². The summed E-state index contributed by atoms with van der Waals surface area (Å²) in [5, 5.41) is 19.4. The summed E-state index contributed by atoms with van der Waals surface area (Å²) in [5.41, 5.74) is 9.78. The zero-order valence-electron chi connectivity index (χ0n) is 19.1. The molecule has 0 radical (unpaired) electrons. The fourth-order valence-corrected chi connectivity index (χ4v) is 3.22. The Bertz CT molecular complexity index is 1360. The molecule has 0 fully saturated rings. The molecule has 4 aromatic rings. The molecule has 2 aromatic carbocycles. The molecule has 2 aromatic heterocycles. The summed E-state index contributed by atoms with van der Waals surface area (Å²) in [4.78, 5) is 13.0. The quantitative estimate of drug-likeness (QED) is 0.269. The minimum absolute atomic E-state index is 0.0197. The standard InChI is InChI=1S/C22H22N8O5/c1-4-34-16-7-5-6-13(10-16)19-18(25-29-30(19)21-20(23)27-35-28-21)22(31)26-24-12-14-8-9-15(32-2)11-17(14)33-3/h5-12H,4H2,1-3H3,(H2,23,27)(H,26,31)/b24-12+. The van der Waals surface area contributed by atoms with E-state index in [0.29, 0.717) is 40.7 Å². The molecule has 180 valence electrons. The van der Waals surface area contributed by atoms with Crippen LogP contribution in [0, 0.1) is 0 Å². The number of carbonyl (C=O) groups is 1. The Kier molecular flexibility index (Phi) is 6.86. The van der Waals surface area contributed by atoms with Gasteiger partial charge < -0.3 is 19.9 Å². The molecule has 1 amide bonds. The summed E-state index contributed by atoms with van der Waals surface area (Å²) < 4.78 is 22.1. The predicted molar refractivity (Wildman–Crippen MR) is 125 cm³/mol. The van der Waals surface area contributed by atoms with Crippen LogP contribution < -0.4 is 25.4 Å². The van der Waals surface area contributed by atoms with Crippen molar-refractivity contribution < 1.29 is 23.6 Å². The van der Waals surface area contributed by atoms with Gasteiger partial charge in [-0.15, -0.1) is 5.10 Å². The van der Waals surface area contributed by atoms with Crippen molar-refractivity contribution in [2.24, 2.45) is 5.10 Å². The Morgan fingerprint density at radius 2 is 2.03 bits per heavy atom. The summed E-state index contributed by atoms with van der Waals surface area (Å²) in [5.74, 6) is 1.19. The second-order valence-corrected chi connectivity index (χ2v) is 6.94. The van der Waals surface area contributed by atoms with Crippen LogP contribution in [0.4, 0.5) is 5.82 Å². The average molecular weight is 478 g/mol. The third-order valence-electron chi connectivity index (χ3n) is 4.81. The number of nitrogens with two attached hydrogens (primary N) is 1. The number of nitrogens with one attached hydrogen (secondary N) is 1. The van der Waals surface area contributed by atoms with E-state index in [1.165, 1.54) is 18.0 Å². The van der Waals surface area contributed by atoms with Crippen molar-refractivity contribution in [1.82, 2.24) is 30.7 Å².